The molecule has 1 aliphatic rings. The van der Waals surface area contributed by atoms with Gasteiger partial charge in [-0.05, 0) is 38.6 Å². The summed E-state index contributed by atoms with van der Waals surface area (Å²) >= 11 is 0. The topological polar surface area (TPSA) is 87.4 Å². The maximum Gasteiger partial charge on any atom is 0.238 e. The van der Waals surface area contributed by atoms with E-state index < -0.39 is 0 Å². The van der Waals surface area contributed by atoms with Gasteiger partial charge in [0.1, 0.15) is 0 Å². The molecule has 8 heteroatoms. The Kier molecular flexibility index (Phi) is 5.72. The summed E-state index contributed by atoms with van der Waals surface area (Å²) in [6, 6.07) is 3.91. The van der Waals surface area contributed by atoms with Crippen molar-refractivity contribution in [1.82, 2.24) is 24.9 Å². The maximum atomic E-state index is 12.2. The van der Waals surface area contributed by atoms with Crippen molar-refractivity contribution in [1.29, 1.82) is 0 Å². The fraction of sp³-hybridized carbons (Fsp3) is 0.529. The molecule has 134 valence electrons. The van der Waals surface area contributed by atoms with Gasteiger partial charge in [-0.1, -0.05) is 5.16 Å². The van der Waals surface area contributed by atoms with Crippen LogP contribution < -0.4 is 5.32 Å². The number of anilines is 1. The van der Waals surface area contributed by atoms with E-state index in [0.717, 1.165) is 37.4 Å². The minimum atomic E-state index is -0.0142. The highest BCUT2D eigenvalue weighted by atomic mass is 16.5. The first-order valence-electron chi connectivity index (χ1n) is 8.52. The van der Waals surface area contributed by atoms with Crippen LogP contribution in [0.5, 0.6) is 0 Å². The molecule has 2 aromatic heterocycles. The zero-order valence-corrected chi connectivity index (χ0v) is 14.7. The first-order valence-corrected chi connectivity index (χ1v) is 8.52. The number of nitrogens with zero attached hydrogens (tertiary/aromatic N) is 5. The number of aryl methyl sites for hydroxylation is 1. The van der Waals surface area contributed by atoms with Crippen molar-refractivity contribution in [3.05, 3.63) is 36.2 Å². The van der Waals surface area contributed by atoms with Crippen LogP contribution in [0.15, 0.2) is 29.0 Å². The van der Waals surface area contributed by atoms with Gasteiger partial charge in [-0.3, -0.25) is 19.6 Å². The summed E-state index contributed by atoms with van der Waals surface area (Å²) in [5.41, 5.74) is 0.770. The zero-order chi connectivity index (χ0) is 17.6. The largest absolute Gasteiger partial charge is 0.340 e. The van der Waals surface area contributed by atoms with E-state index in [-0.39, 0.29) is 5.91 Å². The lowest BCUT2D eigenvalue weighted by atomic mass is 10.0. The van der Waals surface area contributed by atoms with Gasteiger partial charge in [0.25, 0.3) is 0 Å². The Hall–Kier alpha value is -2.32. The summed E-state index contributed by atoms with van der Waals surface area (Å²) in [7, 11) is 2.00. The van der Waals surface area contributed by atoms with E-state index in [2.05, 4.69) is 30.2 Å². The van der Waals surface area contributed by atoms with Crippen LogP contribution in [0, 0.1) is 6.92 Å². The summed E-state index contributed by atoms with van der Waals surface area (Å²) in [5, 5.41) is 6.86. The average molecular weight is 344 g/mol. The number of pyridine rings is 1. The highest BCUT2D eigenvalue weighted by molar-refractivity contribution is 5.92. The van der Waals surface area contributed by atoms with E-state index in [4.69, 9.17) is 4.52 Å². The third-order valence-electron chi connectivity index (χ3n) is 4.40. The number of rotatable bonds is 6. The number of amides is 1. The van der Waals surface area contributed by atoms with Gasteiger partial charge in [0.2, 0.25) is 11.8 Å². The van der Waals surface area contributed by atoms with E-state index in [0.29, 0.717) is 25.0 Å². The van der Waals surface area contributed by atoms with Gasteiger partial charge in [0, 0.05) is 37.6 Å². The second kappa shape index (κ2) is 8.17. The molecule has 1 amide bonds. The Morgan fingerprint density at radius 3 is 2.96 bits per heavy atom. The molecular weight excluding hydrogens is 320 g/mol. The number of nitrogens with one attached hydrogen (secondary N) is 1. The number of hydrogen-bond donors (Lipinski definition) is 1. The SMILES string of the molecule is Cc1nc(CN2CCC[C@H](N(C)CC(=O)Nc3ccncc3)C2)no1. The molecule has 3 heterocycles. The first-order chi connectivity index (χ1) is 12.1. The van der Waals surface area contributed by atoms with Crippen LogP contribution in [-0.2, 0) is 11.3 Å². The molecule has 25 heavy (non-hydrogen) atoms. The van der Waals surface area contributed by atoms with Gasteiger partial charge in [-0.25, -0.2) is 0 Å². The second-order valence-corrected chi connectivity index (χ2v) is 6.46. The fourth-order valence-electron chi connectivity index (χ4n) is 3.13. The molecule has 2 aromatic rings. The Morgan fingerprint density at radius 1 is 1.44 bits per heavy atom. The van der Waals surface area contributed by atoms with Gasteiger partial charge >= 0.3 is 0 Å². The number of carbonyl (C=O) groups excluding carboxylic acids is 1. The van der Waals surface area contributed by atoms with Gasteiger partial charge in [0.05, 0.1) is 13.1 Å². The molecule has 0 saturated carbocycles. The summed E-state index contributed by atoms with van der Waals surface area (Å²) in [6.45, 7) is 4.76. The van der Waals surface area contributed by atoms with Crippen LogP contribution >= 0.6 is 0 Å². The molecule has 0 unspecified atom stereocenters. The Labute approximate surface area is 147 Å². The zero-order valence-electron chi connectivity index (χ0n) is 14.7. The molecule has 1 atom stereocenters. The number of carbonyl (C=O) groups is 1. The summed E-state index contributed by atoms with van der Waals surface area (Å²) < 4.78 is 5.03. The van der Waals surface area contributed by atoms with Crippen LogP contribution in [0.3, 0.4) is 0 Å². The minimum absolute atomic E-state index is 0.0142. The van der Waals surface area contributed by atoms with Crippen molar-refractivity contribution in [3.63, 3.8) is 0 Å². The standard InChI is InChI=1S/C17H24N6O2/c1-13-19-16(21-25-13)11-23-9-3-4-15(10-23)22(2)12-17(24)20-14-5-7-18-8-6-14/h5-8,15H,3-4,9-12H2,1-2H3,(H,18,20,24)/t15-/m0/s1. The lowest BCUT2D eigenvalue weighted by Gasteiger charge is -2.36. The molecule has 0 aromatic carbocycles. The first kappa shape index (κ1) is 17.5. The molecule has 8 nitrogen and oxygen atoms in total. The third-order valence-corrected chi connectivity index (χ3v) is 4.40. The van der Waals surface area contributed by atoms with Gasteiger partial charge in [0.15, 0.2) is 5.82 Å². The number of likely N-dealkylation sites (N-methyl/N-ethyl adjacent to an activating group) is 1. The van der Waals surface area contributed by atoms with Gasteiger partial charge < -0.3 is 9.84 Å². The molecule has 0 radical (unpaired) electrons. The summed E-state index contributed by atoms with van der Waals surface area (Å²) in [6.07, 6.45) is 5.51. The smallest absolute Gasteiger partial charge is 0.238 e. The number of hydrogen-bond acceptors (Lipinski definition) is 7. The van der Waals surface area contributed by atoms with E-state index in [1.807, 2.05) is 7.05 Å². The van der Waals surface area contributed by atoms with Crippen molar-refractivity contribution < 1.29 is 9.32 Å². The molecule has 1 fully saturated rings. The van der Waals surface area contributed by atoms with Gasteiger partial charge in [-0.2, -0.15) is 4.98 Å². The van der Waals surface area contributed by atoms with E-state index in [1.54, 1.807) is 31.5 Å². The molecule has 3 rings (SSSR count). The molecule has 0 bridgehead atoms. The highest BCUT2D eigenvalue weighted by Gasteiger charge is 2.25. The van der Waals surface area contributed by atoms with Crippen LogP contribution in [0.4, 0.5) is 5.69 Å². The van der Waals surface area contributed by atoms with E-state index in [9.17, 15) is 4.79 Å². The maximum absolute atomic E-state index is 12.2. The predicted octanol–water partition coefficient (Wildman–Crippen LogP) is 1.31. The Morgan fingerprint density at radius 2 is 2.24 bits per heavy atom. The highest BCUT2D eigenvalue weighted by Crippen LogP contribution is 2.16. The summed E-state index contributed by atoms with van der Waals surface area (Å²) in [4.78, 5) is 24.9. The minimum Gasteiger partial charge on any atom is -0.340 e. The van der Waals surface area contributed by atoms with Crippen LogP contribution in [0.1, 0.15) is 24.6 Å². The fourth-order valence-corrected chi connectivity index (χ4v) is 3.13. The average Bonchev–Trinajstić information content (AvgIpc) is 3.00. The molecule has 1 N–H and O–H groups in total. The normalized spacial score (nSPS) is 18.4. The molecule has 0 spiro atoms. The molecule has 0 aliphatic carbocycles. The van der Waals surface area contributed by atoms with Crippen LogP contribution in [-0.4, -0.2) is 63.6 Å². The van der Waals surface area contributed by atoms with E-state index >= 15 is 0 Å². The third kappa shape index (κ3) is 5.07. The Bertz CT molecular complexity index is 689. The van der Waals surface area contributed by atoms with Crippen molar-refractivity contribution in [3.8, 4) is 0 Å². The molecule has 1 saturated heterocycles. The Balaban J connectivity index is 1.49. The van der Waals surface area contributed by atoms with Crippen molar-refractivity contribution in [2.24, 2.45) is 0 Å². The van der Waals surface area contributed by atoms with Gasteiger partial charge in [-0.15, -0.1) is 0 Å². The molecule has 1 aliphatic heterocycles. The monoisotopic (exact) mass is 344 g/mol. The summed E-state index contributed by atoms with van der Waals surface area (Å²) in [5.74, 6) is 1.30. The van der Waals surface area contributed by atoms with Crippen molar-refractivity contribution in [2.45, 2.75) is 32.4 Å². The van der Waals surface area contributed by atoms with Crippen LogP contribution in [0.2, 0.25) is 0 Å². The number of piperidine rings is 1. The quantitative estimate of drug-likeness (QED) is 0.845. The lowest BCUT2D eigenvalue weighted by Crippen LogP contribution is -2.48. The van der Waals surface area contributed by atoms with E-state index in [1.165, 1.54) is 0 Å². The number of aromatic nitrogens is 3. The predicted molar refractivity (Wildman–Crippen MR) is 92.8 cm³/mol. The lowest BCUT2D eigenvalue weighted by molar-refractivity contribution is -0.117. The number of likely N-dealkylation sites (tertiary alicyclic amines) is 1. The second-order valence-electron chi connectivity index (χ2n) is 6.46. The molecular formula is C17H24N6O2. The van der Waals surface area contributed by atoms with Crippen LogP contribution in [0.25, 0.3) is 0 Å². The van der Waals surface area contributed by atoms with Crippen molar-refractivity contribution >= 4 is 11.6 Å². The van der Waals surface area contributed by atoms with Crippen molar-refractivity contribution in [2.75, 3.05) is 32.0 Å².